The summed E-state index contributed by atoms with van der Waals surface area (Å²) in [6, 6.07) is 1.88. The number of carbonyl (C=O) groups is 1. The third kappa shape index (κ3) is 2.54. The standard InChI is InChI=1S/C12H14F2N2O/c1-2-3-8-6-11(17)16-12-9(14)4-7(13)5-10(12)15-8/h4-5,8,15H,2-3,6H2,1H3,(H,16,17). The van der Waals surface area contributed by atoms with Crippen molar-refractivity contribution in [1.29, 1.82) is 0 Å². The number of anilines is 2. The van der Waals surface area contributed by atoms with Crippen molar-refractivity contribution in [3.63, 3.8) is 0 Å². The fourth-order valence-electron chi connectivity index (χ4n) is 2.02. The highest BCUT2D eigenvalue weighted by Crippen LogP contribution is 2.30. The Balaban J connectivity index is 2.37. The van der Waals surface area contributed by atoms with Crippen LogP contribution in [0.15, 0.2) is 12.1 Å². The van der Waals surface area contributed by atoms with E-state index in [0.717, 1.165) is 18.9 Å². The van der Waals surface area contributed by atoms with Gasteiger partial charge in [0.1, 0.15) is 11.5 Å². The van der Waals surface area contributed by atoms with Crippen LogP contribution in [0.2, 0.25) is 0 Å². The van der Waals surface area contributed by atoms with E-state index in [1.165, 1.54) is 6.07 Å². The number of amides is 1. The Hall–Kier alpha value is -1.65. The van der Waals surface area contributed by atoms with E-state index in [4.69, 9.17) is 0 Å². The Labute approximate surface area is 98.2 Å². The van der Waals surface area contributed by atoms with Crippen molar-refractivity contribution in [1.82, 2.24) is 0 Å². The molecule has 1 atom stereocenters. The molecule has 0 saturated carbocycles. The first-order valence-electron chi connectivity index (χ1n) is 5.65. The summed E-state index contributed by atoms with van der Waals surface area (Å²) in [6.07, 6.45) is 1.95. The molecule has 2 N–H and O–H groups in total. The second-order valence-corrected chi connectivity index (χ2v) is 4.19. The molecule has 1 aromatic carbocycles. The van der Waals surface area contributed by atoms with Crippen LogP contribution in [0.25, 0.3) is 0 Å². The predicted octanol–water partition coefficient (Wildman–Crippen LogP) is 2.89. The Kier molecular flexibility index (Phi) is 3.26. The normalized spacial score (nSPS) is 19.0. The van der Waals surface area contributed by atoms with E-state index in [1.807, 2.05) is 6.92 Å². The van der Waals surface area contributed by atoms with Crippen LogP contribution >= 0.6 is 0 Å². The number of nitrogens with one attached hydrogen (secondary N) is 2. The van der Waals surface area contributed by atoms with Gasteiger partial charge >= 0.3 is 0 Å². The van der Waals surface area contributed by atoms with Gasteiger partial charge in [0.05, 0.1) is 5.69 Å². The Morgan fingerprint density at radius 2 is 2.18 bits per heavy atom. The maximum absolute atomic E-state index is 13.5. The van der Waals surface area contributed by atoms with Crippen molar-refractivity contribution >= 4 is 17.3 Å². The fraction of sp³-hybridized carbons (Fsp3) is 0.417. The van der Waals surface area contributed by atoms with Crippen LogP contribution < -0.4 is 10.6 Å². The van der Waals surface area contributed by atoms with Gasteiger partial charge in [-0.3, -0.25) is 4.79 Å². The fourth-order valence-corrected chi connectivity index (χ4v) is 2.02. The molecule has 5 heteroatoms. The maximum Gasteiger partial charge on any atom is 0.226 e. The van der Waals surface area contributed by atoms with Gasteiger partial charge in [-0.25, -0.2) is 8.78 Å². The Bertz CT molecular complexity index is 448. The Morgan fingerprint density at radius 1 is 1.41 bits per heavy atom. The predicted molar refractivity (Wildman–Crippen MR) is 61.9 cm³/mol. The average Bonchev–Trinajstić information content (AvgIpc) is 2.37. The summed E-state index contributed by atoms with van der Waals surface area (Å²) in [4.78, 5) is 11.6. The highest BCUT2D eigenvalue weighted by molar-refractivity contribution is 5.96. The highest BCUT2D eigenvalue weighted by atomic mass is 19.1. The van der Waals surface area contributed by atoms with Crippen LogP contribution in [0, 0.1) is 11.6 Å². The summed E-state index contributed by atoms with van der Waals surface area (Å²) in [6.45, 7) is 2.00. The van der Waals surface area contributed by atoms with Crippen molar-refractivity contribution in [3.05, 3.63) is 23.8 Å². The molecule has 1 aliphatic rings. The first-order chi connectivity index (χ1) is 8.10. The van der Waals surface area contributed by atoms with Gasteiger partial charge in [0.2, 0.25) is 5.91 Å². The van der Waals surface area contributed by atoms with Crippen LogP contribution in [0.4, 0.5) is 20.2 Å². The van der Waals surface area contributed by atoms with E-state index in [-0.39, 0.29) is 24.1 Å². The molecular weight excluding hydrogens is 226 g/mol. The summed E-state index contributed by atoms with van der Waals surface area (Å²) >= 11 is 0. The molecule has 2 rings (SSSR count). The number of hydrogen-bond donors (Lipinski definition) is 2. The quantitative estimate of drug-likeness (QED) is 0.834. The molecule has 1 aromatic rings. The van der Waals surface area contributed by atoms with Gasteiger partial charge in [-0.1, -0.05) is 13.3 Å². The van der Waals surface area contributed by atoms with Crippen LogP contribution in [0.1, 0.15) is 26.2 Å². The van der Waals surface area contributed by atoms with Crippen LogP contribution in [-0.4, -0.2) is 11.9 Å². The molecule has 0 spiro atoms. The maximum atomic E-state index is 13.5. The molecule has 0 radical (unpaired) electrons. The monoisotopic (exact) mass is 240 g/mol. The van der Waals surface area contributed by atoms with Gasteiger partial charge in [0, 0.05) is 18.5 Å². The molecule has 92 valence electrons. The largest absolute Gasteiger partial charge is 0.380 e. The van der Waals surface area contributed by atoms with E-state index < -0.39 is 11.6 Å². The van der Waals surface area contributed by atoms with E-state index in [1.54, 1.807) is 0 Å². The number of hydrogen-bond acceptors (Lipinski definition) is 2. The third-order valence-corrected chi connectivity index (χ3v) is 2.75. The molecule has 1 unspecified atom stereocenters. The van der Waals surface area contributed by atoms with Crippen LogP contribution in [0.3, 0.4) is 0 Å². The molecule has 1 aliphatic heterocycles. The number of benzene rings is 1. The minimum Gasteiger partial charge on any atom is -0.380 e. The molecule has 3 nitrogen and oxygen atoms in total. The van der Waals surface area contributed by atoms with Crippen molar-refractivity contribution in [2.45, 2.75) is 32.2 Å². The summed E-state index contributed by atoms with van der Waals surface area (Å²) in [5.41, 5.74) is 0.349. The summed E-state index contributed by atoms with van der Waals surface area (Å²) < 4.78 is 26.6. The minimum atomic E-state index is -0.752. The molecule has 0 aliphatic carbocycles. The lowest BCUT2D eigenvalue weighted by atomic mass is 10.1. The van der Waals surface area contributed by atoms with Gasteiger partial charge in [-0.05, 0) is 12.5 Å². The van der Waals surface area contributed by atoms with Crippen molar-refractivity contribution in [3.8, 4) is 0 Å². The average molecular weight is 240 g/mol. The summed E-state index contributed by atoms with van der Waals surface area (Å²) in [5, 5.41) is 5.47. The number of rotatable bonds is 2. The number of carbonyl (C=O) groups excluding carboxylic acids is 1. The molecule has 0 saturated heterocycles. The zero-order chi connectivity index (χ0) is 12.4. The molecular formula is C12H14F2N2O. The zero-order valence-electron chi connectivity index (χ0n) is 9.52. The van der Waals surface area contributed by atoms with E-state index in [2.05, 4.69) is 10.6 Å². The van der Waals surface area contributed by atoms with Crippen LogP contribution in [-0.2, 0) is 4.79 Å². The molecule has 0 bridgehead atoms. The lowest BCUT2D eigenvalue weighted by molar-refractivity contribution is -0.116. The SMILES string of the molecule is CCCC1CC(=O)Nc2c(F)cc(F)cc2N1. The third-order valence-electron chi connectivity index (χ3n) is 2.75. The number of halogens is 2. The summed E-state index contributed by atoms with van der Waals surface area (Å²) in [5.74, 6) is -1.65. The molecule has 1 heterocycles. The van der Waals surface area contributed by atoms with Gasteiger partial charge in [-0.2, -0.15) is 0 Å². The van der Waals surface area contributed by atoms with Gasteiger partial charge in [-0.15, -0.1) is 0 Å². The molecule has 1 amide bonds. The lowest BCUT2D eigenvalue weighted by Crippen LogP contribution is -2.22. The van der Waals surface area contributed by atoms with Crippen molar-refractivity contribution in [2.75, 3.05) is 10.6 Å². The Morgan fingerprint density at radius 3 is 2.88 bits per heavy atom. The van der Waals surface area contributed by atoms with Crippen molar-refractivity contribution in [2.24, 2.45) is 0 Å². The lowest BCUT2D eigenvalue weighted by Gasteiger charge is -2.15. The zero-order valence-corrected chi connectivity index (χ0v) is 9.52. The van der Waals surface area contributed by atoms with Crippen LogP contribution in [0.5, 0.6) is 0 Å². The van der Waals surface area contributed by atoms with E-state index >= 15 is 0 Å². The second-order valence-electron chi connectivity index (χ2n) is 4.19. The van der Waals surface area contributed by atoms with Crippen molar-refractivity contribution < 1.29 is 13.6 Å². The van der Waals surface area contributed by atoms with Gasteiger partial charge in [0.15, 0.2) is 5.82 Å². The number of fused-ring (bicyclic) bond motifs is 1. The van der Waals surface area contributed by atoms with Gasteiger partial charge < -0.3 is 10.6 Å². The molecule has 0 fully saturated rings. The molecule has 17 heavy (non-hydrogen) atoms. The topological polar surface area (TPSA) is 41.1 Å². The first kappa shape index (κ1) is 11.8. The first-order valence-corrected chi connectivity index (χ1v) is 5.65. The van der Waals surface area contributed by atoms with E-state index in [9.17, 15) is 13.6 Å². The van der Waals surface area contributed by atoms with Gasteiger partial charge in [0.25, 0.3) is 0 Å². The highest BCUT2D eigenvalue weighted by Gasteiger charge is 2.23. The summed E-state index contributed by atoms with van der Waals surface area (Å²) in [7, 11) is 0. The minimum absolute atomic E-state index is 0.0370. The second kappa shape index (κ2) is 4.69. The smallest absolute Gasteiger partial charge is 0.226 e. The molecule has 0 aromatic heterocycles. The van der Waals surface area contributed by atoms with E-state index in [0.29, 0.717) is 5.69 Å².